The second kappa shape index (κ2) is 6.70. The summed E-state index contributed by atoms with van der Waals surface area (Å²) < 4.78 is 1.12. The quantitative estimate of drug-likeness (QED) is 0.876. The maximum absolute atomic E-state index is 6.29. The molecular formula is C13H15BrClN3S. The number of hydrogen-bond donors (Lipinski definition) is 1. The molecule has 102 valence electrons. The van der Waals surface area contributed by atoms with E-state index in [1.54, 1.807) is 11.3 Å². The molecule has 0 amide bonds. The zero-order valence-corrected chi connectivity index (χ0v) is 13.9. The molecule has 0 aromatic carbocycles. The Bertz CT molecular complexity index is 559. The third-order valence-electron chi connectivity index (χ3n) is 2.64. The van der Waals surface area contributed by atoms with E-state index >= 15 is 0 Å². The first-order chi connectivity index (χ1) is 9.10. The van der Waals surface area contributed by atoms with Crippen molar-refractivity contribution in [1.82, 2.24) is 10.3 Å². The summed E-state index contributed by atoms with van der Waals surface area (Å²) in [6, 6.07) is 4.08. The van der Waals surface area contributed by atoms with E-state index in [2.05, 4.69) is 42.6 Å². The highest BCUT2D eigenvalue weighted by molar-refractivity contribution is 9.10. The number of rotatable bonds is 5. The van der Waals surface area contributed by atoms with Crippen LogP contribution in [0.15, 0.2) is 28.2 Å². The maximum atomic E-state index is 6.29. The van der Waals surface area contributed by atoms with Gasteiger partial charge in [0.15, 0.2) is 0 Å². The van der Waals surface area contributed by atoms with E-state index in [1.807, 2.05) is 26.4 Å². The van der Waals surface area contributed by atoms with Gasteiger partial charge in [-0.3, -0.25) is 0 Å². The van der Waals surface area contributed by atoms with Gasteiger partial charge < -0.3 is 10.2 Å². The fourth-order valence-electron chi connectivity index (χ4n) is 1.80. The highest BCUT2D eigenvalue weighted by atomic mass is 79.9. The summed E-state index contributed by atoms with van der Waals surface area (Å²) in [5.74, 6) is 0.811. The predicted molar refractivity (Wildman–Crippen MR) is 86.1 cm³/mol. The molecule has 2 aromatic heterocycles. The van der Waals surface area contributed by atoms with E-state index in [4.69, 9.17) is 11.6 Å². The van der Waals surface area contributed by atoms with E-state index < -0.39 is 0 Å². The summed E-state index contributed by atoms with van der Waals surface area (Å²) in [4.78, 5) is 7.78. The molecule has 0 atom stereocenters. The molecule has 6 heteroatoms. The number of pyridine rings is 1. The molecular weight excluding hydrogens is 346 g/mol. The molecule has 3 nitrogen and oxygen atoms in total. The fraction of sp³-hybridized carbons (Fsp3) is 0.308. The van der Waals surface area contributed by atoms with Crippen molar-refractivity contribution in [2.75, 3.05) is 19.0 Å². The van der Waals surface area contributed by atoms with Crippen LogP contribution in [0.1, 0.15) is 10.4 Å². The molecule has 0 saturated heterocycles. The third-order valence-corrected chi connectivity index (χ3v) is 4.60. The van der Waals surface area contributed by atoms with Gasteiger partial charge in [0.25, 0.3) is 0 Å². The minimum Gasteiger partial charge on any atom is -0.353 e. The van der Waals surface area contributed by atoms with Crippen LogP contribution in [0, 0.1) is 0 Å². The Morgan fingerprint density at radius 1 is 1.47 bits per heavy atom. The molecule has 0 aliphatic rings. The fourth-order valence-corrected chi connectivity index (χ4v) is 3.63. The SMILES string of the molecule is CNCc1cnc(N(C)Cc2cc(Br)cs2)c(Cl)c1. The number of hydrogen-bond acceptors (Lipinski definition) is 4. The van der Waals surface area contributed by atoms with Gasteiger partial charge in [-0.05, 0) is 40.7 Å². The summed E-state index contributed by atoms with van der Waals surface area (Å²) in [5.41, 5.74) is 1.09. The lowest BCUT2D eigenvalue weighted by Gasteiger charge is -2.19. The van der Waals surface area contributed by atoms with Crippen LogP contribution in [0.25, 0.3) is 0 Å². The Balaban J connectivity index is 2.12. The van der Waals surface area contributed by atoms with Crippen LogP contribution in [0.2, 0.25) is 5.02 Å². The first kappa shape index (κ1) is 14.8. The summed E-state index contributed by atoms with van der Waals surface area (Å²) >= 11 is 11.5. The second-order valence-corrected chi connectivity index (χ2v) is 6.59. The van der Waals surface area contributed by atoms with Crippen LogP contribution in [-0.4, -0.2) is 19.1 Å². The van der Waals surface area contributed by atoms with Crippen LogP contribution in [-0.2, 0) is 13.1 Å². The van der Waals surface area contributed by atoms with Crippen molar-refractivity contribution in [2.45, 2.75) is 13.1 Å². The van der Waals surface area contributed by atoms with Crippen LogP contribution < -0.4 is 10.2 Å². The maximum Gasteiger partial charge on any atom is 0.147 e. The van der Waals surface area contributed by atoms with Gasteiger partial charge in [0.2, 0.25) is 0 Å². The lowest BCUT2D eigenvalue weighted by atomic mass is 10.2. The molecule has 2 heterocycles. The molecule has 2 aromatic rings. The number of nitrogens with one attached hydrogen (secondary N) is 1. The van der Waals surface area contributed by atoms with Crippen molar-refractivity contribution in [3.05, 3.63) is 43.6 Å². The van der Waals surface area contributed by atoms with Crippen LogP contribution >= 0.6 is 38.9 Å². The molecule has 0 fully saturated rings. The smallest absolute Gasteiger partial charge is 0.147 e. The molecule has 0 unspecified atom stereocenters. The molecule has 0 saturated carbocycles. The van der Waals surface area contributed by atoms with Gasteiger partial charge in [-0.25, -0.2) is 4.98 Å². The zero-order valence-electron chi connectivity index (χ0n) is 10.8. The van der Waals surface area contributed by atoms with E-state index in [0.717, 1.165) is 28.9 Å². The topological polar surface area (TPSA) is 28.2 Å². The van der Waals surface area contributed by atoms with E-state index in [-0.39, 0.29) is 0 Å². The lowest BCUT2D eigenvalue weighted by Crippen LogP contribution is -2.18. The lowest BCUT2D eigenvalue weighted by molar-refractivity contribution is 0.810. The van der Waals surface area contributed by atoms with Crippen molar-refractivity contribution in [3.63, 3.8) is 0 Å². The van der Waals surface area contributed by atoms with Gasteiger partial charge in [-0.2, -0.15) is 0 Å². The Hall–Kier alpha value is -0.620. The Morgan fingerprint density at radius 2 is 2.26 bits per heavy atom. The van der Waals surface area contributed by atoms with Gasteiger partial charge in [-0.15, -0.1) is 11.3 Å². The van der Waals surface area contributed by atoms with Gasteiger partial charge >= 0.3 is 0 Å². The van der Waals surface area contributed by atoms with Gasteiger partial charge in [0.05, 0.1) is 11.6 Å². The van der Waals surface area contributed by atoms with E-state index in [9.17, 15) is 0 Å². The average molecular weight is 361 g/mol. The predicted octanol–water partition coefficient (Wildman–Crippen LogP) is 3.91. The standard InChI is InChI=1S/C13H15BrClN3S/c1-16-5-9-3-12(15)13(17-6-9)18(2)7-11-4-10(14)8-19-11/h3-4,6,8,16H,5,7H2,1-2H3. The molecule has 2 rings (SSSR count). The summed E-state index contributed by atoms with van der Waals surface area (Å²) in [7, 11) is 3.90. The average Bonchev–Trinajstić information content (AvgIpc) is 2.75. The molecule has 19 heavy (non-hydrogen) atoms. The molecule has 0 spiro atoms. The molecule has 0 aliphatic carbocycles. The monoisotopic (exact) mass is 359 g/mol. The largest absolute Gasteiger partial charge is 0.353 e. The number of nitrogens with zero attached hydrogens (tertiary/aromatic N) is 2. The minimum atomic E-state index is 0.686. The third kappa shape index (κ3) is 3.92. The second-order valence-electron chi connectivity index (χ2n) is 4.27. The molecule has 0 aliphatic heterocycles. The molecule has 0 bridgehead atoms. The van der Waals surface area contributed by atoms with Crippen LogP contribution in [0.3, 0.4) is 0 Å². The summed E-state index contributed by atoms with van der Waals surface area (Å²) in [5, 5.41) is 5.85. The first-order valence-electron chi connectivity index (χ1n) is 5.83. The number of anilines is 1. The van der Waals surface area contributed by atoms with Crippen LogP contribution in [0.4, 0.5) is 5.82 Å². The number of aromatic nitrogens is 1. The van der Waals surface area contributed by atoms with E-state index in [0.29, 0.717) is 5.02 Å². The Morgan fingerprint density at radius 3 is 2.84 bits per heavy atom. The molecule has 1 N–H and O–H groups in total. The first-order valence-corrected chi connectivity index (χ1v) is 7.88. The van der Waals surface area contributed by atoms with Crippen molar-refractivity contribution in [2.24, 2.45) is 0 Å². The number of halogens is 2. The van der Waals surface area contributed by atoms with Crippen molar-refractivity contribution in [3.8, 4) is 0 Å². The van der Waals surface area contributed by atoms with Crippen molar-refractivity contribution in [1.29, 1.82) is 0 Å². The molecule has 0 radical (unpaired) electrons. The minimum absolute atomic E-state index is 0.686. The van der Waals surface area contributed by atoms with Gasteiger partial charge in [-0.1, -0.05) is 11.6 Å². The summed E-state index contributed by atoms with van der Waals surface area (Å²) in [6.45, 7) is 1.57. The summed E-state index contributed by atoms with van der Waals surface area (Å²) in [6.07, 6.45) is 1.86. The highest BCUT2D eigenvalue weighted by Crippen LogP contribution is 2.27. The Kier molecular flexibility index (Phi) is 5.21. The Labute approximate surface area is 130 Å². The highest BCUT2D eigenvalue weighted by Gasteiger charge is 2.10. The normalized spacial score (nSPS) is 10.7. The van der Waals surface area contributed by atoms with Crippen LogP contribution in [0.5, 0.6) is 0 Å². The number of thiophene rings is 1. The van der Waals surface area contributed by atoms with Gasteiger partial charge in [0, 0.05) is 34.5 Å². The van der Waals surface area contributed by atoms with Gasteiger partial charge in [0.1, 0.15) is 5.82 Å². The van der Waals surface area contributed by atoms with Crippen molar-refractivity contribution < 1.29 is 0 Å². The van der Waals surface area contributed by atoms with E-state index in [1.165, 1.54) is 4.88 Å². The van der Waals surface area contributed by atoms with Crippen molar-refractivity contribution >= 4 is 44.7 Å². The zero-order chi connectivity index (χ0) is 13.8.